The van der Waals surface area contributed by atoms with Crippen molar-refractivity contribution in [3.63, 3.8) is 0 Å². The summed E-state index contributed by atoms with van der Waals surface area (Å²) in [6.07, 6.45) is 2.23. The van der Waals surface area contributed by atoms with Gasteiger partial charge in [0.15, 0.2) is 0 Å². The maximum Gasteiger partial charge on any atom is 0.337 e. The normalized spacial score (nSPS) is 20.6. The highest BCUT2D eigenvalue weighted by Crippen LogP contribution is 2.25. The number of likely N-dealkylation sites (N-methyl/N-ethyl adjacent to an activating group) is 1. The van der Waals surface area contributed by atoms with Crippen LogP contribution in [0.3, 0.4) is 0 Å². The van der Waals surface area contributed by atoms with E-state index in [2.05, 4.69) is 17.3 Å². The molecular weight excluding hydrogens is 230 g/mol. The number of carbonyl (C=O) groups is 1. The van der Waals surface area contributed by atoms with Gasteiger partial charge in [-0.25, -0.2) is 4.79 Å². The number of para-hydroxylation sites is 1. The first-order chi connectivity index (χ1) is 8.58. The third-order valence-electron chi connectivity index (χ3n) is 3.32. The van der Waals surface area contributed by atoms with Gasteiger partial charge in [-0.3, -0.25) is 0 Å². The lowest BCUT2D eigenvalue weighted by molar-refractivity contribution is 0.0698. The summed E-state index contributed by atoms with van der Waals surface area (Å²) in [7, 11) is 2.09. The van der Waals surface area contributed by atoms with Crippen molar-refractivity contribution in [3.8, 4) is 0 Å². The standard InChI is InChI=1S/C13H19N3O2/c1-16-7-3-4-9(8-16)15-11-6-2-5-10(12(11)14)13(17)18/h2,5-6,9,15H,3-4,7-8,14H2,1H3,(H,17,18). The second-order valence-electron chi connectivity index (χ2n) is 4.82. The minimum absolute atomic E-state index is 0.157. The van der Waals surface area contributed by atoms with Crippen LogP contribution in [0.5, 0.6) is 0 Å². The highest BCUT2D eigenvalue weighted by Gasteiger charge is 2.18. The van der Waals surface area contributed by atoms with E-state index in [4.69, 9.17) is 10.8 Å². The predicted molar refractivity (Wildman–Crippen MR) is 72.0 cm³/mol. The van der Waals surface area contributed by atoms with Crippen molar-refractivity contribution in [2.75, 3.05) is 31.2 Å². The van der Waals surface area contributed by atoms with E-state index in [1.165, 1.54) is 6.07 Å². The number of anilines is 2. The minimum Gasteiger partial charge on any atom is -0.478 e. The van der Waals surface area contributed by atoms with Gasteiger partial charge in [-0.2, -0.15) is 0 Å². The second kappa shape index (κ2) is 5.27. The van der Waals surface area contributed by atoms with Crippen molar-refractivity contribution in [2.45, 2.75) is 18.9 Å². The fraction of sp³-hybridized carbons (Fsp3) is 0.462. The number of hydrogen-bond donors (Lipinski definition) is 3. The molecule has 0 radical (unpaired) electrons. The number of nitrogens with zero attached hydrogens (tertiary/aromatic N) is 1. The number of carboxylic acids is 1. The maximum absolute atomic E-state index is 11.0. The molecule has 5 nitrogen and oxygen atoms in total. The molecule has 0 aliphatic carbocycles. The number of carboxylic acid groups (broad SMARTS) is 1. The van der Waals surface area contributed by atoms with Crippen molar-refractivity contribution in [2.24, 2.45) is 0 Å². The molecular formula is C13H19N3O2. The number of rotatable bonds is 3. The Hall–Kier alpha value is -1.75. The van der Waals surface area contributed by atoms with Gasteiger partial charge in [0.1, 0.15) is 0 Å². The fourth-order valence-corrected chi connectivity index (χ4v) is 2.38. The summed E-state index contributed by atoms with van der Waals surface area (Å²) in [6, 6.07) is 5.40. The first kappa shape index (κ1) is 12.7. The summed E-state index contributed by atoms with van der Waals surface area (Å²) in [5.74, 6) is -0.989. The zero-order valence-corrected chi connectivity index (χ0v) is 10.5. The van der Waals surface area contributed by atoms with Gasteiger partial charge < -0.3 is 21.1 Å². The smallest absolute Gasteiger partial charge is 0.337 e. The average Bonchev–Trinajstić information content (AvgIpc) is 2.31. The third-order valence-corrected chi connectivity index (χ3v) is 3.32. The molecule has 1 saturated heterocycles. The summed E-state index contributed by atoms with van der Waals surface area (Å²) < 4.78 is 0. The predicted octanol–water partition coefficient (Wildman–Crippen LogP) is 1.47. The Morgan fingerprint density at radius 2 is 2.33 bits per heavy atom. The van der Waals surface area contributed by atoms with Gasteiger partial charge in [-0.1, -0.05) is 6.07 Å². The largest absolute Gasteiger partial charge is 0.478 e. The molecule has 18 heavy (non-hydrogen) atoms. The van der Waals surface area contributed by atoms with E-state index >= 15 is 0 Å². The topological polar surface area (TPSA) is 78.6 Å². The number of piperidine rings is 1. The van der Waals surface area contributed by atoms with E-state index in [9.17, 15) is 4.79 Å². The number of nitrogens with one attached hydrogen (secondary N) is 1. The molecule has 1 fully saturated rings. The first-order valence-electron chi connectivity index (χ1n) is 6.15. The Balaban J connectivity index is 2.14. The van der Waals surface area contributed by atoms with Crippen molar-refractivity contribution >= 4 is 17.3 Å². The molecule has 1 aromatic rings. The van der Waals surface area contributed by atoms with Crippen LogP contribution in [-0.4, -0.2) is 42.2 Å². The number of nitrogen functional groups attached to an aromatic ring is 1. The molecule has 0 aromatic heterocycles. The number of likely N-dealkylation sites (tertiary alicyclic amines) is 1. The zero-order valence-electron chi connectivity index (χ0n) is 10.5. The number of nitrogens with two attached hydrogens (primary N) is 1. The Labute approximate surface area is 107 Å². The van der Waals surface area contributed by atoms with Gasteiger partial charge in [-0.05, 0) is 38.6 Å². The Bertz CT molecular complexity index is 448. The zero-order chi connectivity index (χ0) is 13.1. The van der Waals surface area contributed by atoms with Gasteiger partial charge in [0, 0.05) is 12.6 Å². The van der Waals surface area contributed by atoms with Crippen molar-refractivity contribution in [3.05, 3.63) is 23.8 Å². The Kier molecular flexibility index (Phi) is 3.72. The molecule has 1 aliphatic rings. The van der Waals surface area contributed by atoms with Crippen molar-refractivity contribution in [1.29, 1.82) is 0 Å². The number of hydrogen-bond acceptors (Lipinski definition) is 4. The lowest BCUT2D eigenvalue weighted by Crippen LogP contribution is -2.39. The molecule has 1 atom stereocenters. The van der Waals surface area contributed by atoms with Gasteiger partial charge in [0.2, 0.25) is 0 Å². The highest BCUT2D eigenvalue weighted by molar-refractivity contribution is 5.97. The van der Waals surface area contributed by atoms with Crippen LogP contribution in [0, 0.1) is 0 Å². The molecule has 5 heteroatoms. The summed E-state index contributed by atoms with van der Waals surface area (Å²) >= 11 is 0. The van der Waals surface area contributed by atoms with Crippen LogP contribution >= 0.6 is 0 Å². The molecule has 2 rings (SSSR count). The lowest BCUT2D eigenvalue weighted by Gasteiger charge is -2.31. The van der Waals surface area contributed by atoms with Crippen LogP contribution in [0.2, 0.25) is 0 Å². The average molecular weight is 249 g/mol. The summed E-state index contributed by atoms with van der Waals surface area (Å²) in [5, 5.41) is 12.4. The van der Waals surface area contributed by atoms with E-state index in [-0.39, 0.29) is 5.56 Å². The summed E-state index contributed by atoms with van der Waals surface area (Å²) in [6.45, 7) is 2.07. The second-order valence-corrected chi connectivity index (χ2v) is 4.82. The molecule has 4 N–H and O–H groups in total. The Morgan fingerprint density at radius 1 is 1.56 bits per heavy atom. The summed E-state index contributed by atoms with van der Waals surface area (Å²) in [5.41, 5.74) is 7.07. The van der Waals surface area contributed by atoms with E-state index in [1.54, 1.807) is 6.07 Å². The monoisotopic (exact) mass is 249 g/mol. The van der Waals surface area contributed by atoms with Gasteiger partial charge in [0.25, 0.3) is 0 Å². The third kappa shape index (κ3) is 2.73. The molecule has 1 heterocycles. The molecule has 0 saturated carbocycles. The quantitative estimate of drug-likeness (QED) is 0.707. The van der Waals surface area contributed by atoms with Crippen molar-refractivity contribution < 1.29 is 9.90 Å². The highest BCUT2D eigenvalue weighted by atomic mass is 16.4. The lowest BCUT2D eigenvalue weighted by atomic mass is 10.0. The van der Waals surface area contributed by atoms with E-state index in [1.807, 2.05) is 6.07 Å². The molecule has 0 bridgehead atoms. The van der Waals surface area contributed by atoms with Gasteiger partial charge >= 0.3 is 5.97 Å². The van der Waals surface area contributed by atoms with Crippen LogP contribution < -0.4 is 11.1 Å². The van der Waals surface area contributed by atoms with Crippen molar-refractivity contribution in [1.82, 2.24) is 4.90 Å². The summed E-state index contributed by atoms with van der Waals surface area (Å²) in [4.78, 5) is 13.3. The molecule has 1 aromatic carbocycles. The van der Waals surface area contributed by atoms with Crippen LogP contribution in [-0.2, 0) is 0 Å². The SMILES string of the molecule is CN1CCCC(Nc2cccc(C(=O)O)c2N)C1. The molecule has 0 spiro atoms. The van der Waals surface area contributed by atoms with Crippen LogP contribution in [0.25, 0.3) is 0 Å². The van der Waals surface area contributed by atoms with Crippen LogP contribution in [0.15, 0.2) is 18.2 Å². The fourth-order valence-electron chi connectivity index (χ4n) is 2.38. The number of benzene rings is 1. The Morgan fingerprint density at radius 3 is 3.00 bits per heavy atom. The molecule has 98 valence electrons. The van der Waals surface area contributed by atoms with E-state index < -0.39 is 5.97 Å². The maximum atomic E-state index is 11.0. The van der Waals surface area contributed by atoms with Crippen LogP contribution in [0.1, 0.15) is 23.2 Å². The van der Waals surface area contributed by atoms with Gasteiger partial charge in [-0.15, -0.1) is 0 Å². The van der Waals surface area contributed by atoms with E-state index in [0.29, 0.717) is 11.7 Å². The first-order valence-corrected chi connectivity index (χ1v) is 6.15. The van der Waals surface area contributed by atoms with Crippen LogP contribution in [0.4, 0.5) is 11.4 Å². The minimum atomic E-state index is -0.989. The van der Waals surface area contributed by atoms with E-state index in [0.717, 1.165) is 31.6 Å². The molecule has 1 unspecified atom stereocenters. The molecule has 0 amide bonds. The number of aromatic carboxylic acids is 1. The molecule has 1 aliphatic heterocycles. The van der Waals surface area contributed by atoms with Gasteiger partial charge in [0.05, 0.1) is 16.9 Å².